The Kier molecular flexibility index (Phi) is 8.18. The van der Waals surface area contributed by atoms with Crippen LogP contribution in [0.25, 0.3) is 0 Å². The van der Waals surface area contributed by atoms with Gasteiger partial charge in [-0.25, -0.2) is 13.2 Å². The zero-order valence-electron chi connectivity index (χ0n) is 17.4. The number of ether oxygens (including phenoxy) is 2. The molecule has 0 saturated carbocycles. The first-order valence-electron chi connectivity index (χ1n) is 9.79. The van der Waals surface area contributed by atoms with Gasteiger partial charge in [0.05, 0.1) is 22.7 Å². The molecule has 0 unspecified atom stereocenters. The number of sulfonamides is 1. The maximum atomic E-state index is 12.9. The lowest BCUT2D eigenvalue weighted by Gasteiger charge is -2.34. The average Bonchev–Trinajstić information content (AvgIpc) is 2.65. The lowest BCUT2D eigenvalue weighted by atomic mass is 10.1. The summed E-state index contributed by atoms with van der Waals surface area (Å²) in [7, 11) is -3.77. The summed E-state index contributed by atoms with van der Waals surface area (Å²) in [6, 6.07) is 5.66. The second-order valence-corrected chi connectivity index (χ2v) is 9.65. The van der Waals surface area contributed by atoms with Gasteiger partial charge < -0.3 is 14.8 Å². The number of esters is 1. The van der Waals surface area contributed by atoms with Crippen LogP contribution in [0.2, 0.25) is 0 Å². The molecule has 1 aliphatic heterocycles. The summed E-state index contributed by atoms with van der Waals surface area (Å²) in [5, 5.41) is 2.68. The lowest BCUT2D eigenvalue weighted by Crippen LogP contribution is -2.48. The van der Waals surface area contributed by atoms with Gasteiger partial charge in [0.2, 0.25) is 10.0 Å². The number of hydrogen-bond acceptors (Lipinski definition) is 6. The van der Waals surface area contributed by atoms with Crippen LogP contribution in [0.15, 0.2) is 29.2 Å². The van der Waals surface area contributed by atoms with E-state index in [1.807, 2.05) is 27.7 Å². The van der Waals surface area contributed by atoms with Gasteiger partial charge >= 0.3 is 5.97 Å². The number of rotatable bonds is 8. The fourth-order valence-electron chi connectivity index (χ4n) is 3.03. The molecule has 1 heterocycles. The Balaban J connectivity index is 2.01. The first kappa shape index (κ1) is 23.3. The van der Waals surface area contributed by atoms with Crippen LogP contribution in [0.4, 0.5) is 0 Å². The summed E-state index contributed by atoms with van der Waals surface area (Å²) in [4.78, 5) is 24.0. The maximum Gasteiger partial charge on any atom is 0.338 e. The van der Waals surface area contributed by atoms with E-state index in [-0.39, 0.29) is 41.7 Å². The van der Waals surface area contributed by atoms with Crippen LogP contribution in [0.3, 0.4) is 0 Å². The average molecular weight is 427 g/mol. The highest BCUT2D eigenvalue weighted by Gasteiger charge is 2.32. The fraction of sp³-hybridized carbons (Fsp3) is 0.600. The normalized spacial score (nSPS) is 20.4. The largest absolute Gasteiger partial charge is 0.452 e. The molecule has 0 radical (unpaired) electrons. The van der Waals surface area contributed by atoms with Gasteiger partial charge in [0.15, 0.2) is 6.61 Å². The summed E-state index contributed by atoms with van der Waals surface area (Å²) >= 11 is 0. The minimum Gasteiger partial charge on any atom is -0.452 e. The third-order valence-corrected chi connectivity index (χ3v) is 6.30. The van der Waals surface area contributed by atoms with Crippen LogP contribution in [-0.2, 0) is 24.3 Å². The number of hydrogen-bond donors (Lipinski definition) is 1. The van der Waals surface area contributed by atoms with E-state index in [0.29, 0.717) is 12.5 Å². The van der Waals surface area contributed by atoms with E-state index >= 15 is 0 Å². The monoisotopic (exact) mass is 426 g/mol. The Hall–Kier alpha value is -1.97. The molecule has 2 rings (SSSR count). The molecule has 1 amide bonds. The van der Waals surface area contributed by atoms with Gasteiger partial charge in [0.1, 0.15) is 0 Å². The second kappa shape index (κ2) is 10.2. The Morgan fingerprint density at radius 3 is 2.52 bits per heavy atom. The van der Waals surface area contributed by atoms with Crippen molar-refractivity contribution in [3.05, 3.63) is 29.8 Å². The molecule has 29 heavy (non-hydrogen) atoms. The summed E-state index contributed by atoms with van der Waals surface area (Å²) in [5.41, 5.74) is 0.0791. The van der Waals surface area contributed by atoms with Crippen molar-refractivity contribution in [1.29, 1.82) is 0 Å². The number of benzene rings is 1. The highest BCUT2D eigenvalue weighted by atomic mass is 32.2. The minimum atomic E-state index is -3.77. The summed E-state index contributed by atoms with van der Waals surface area (Å²) in [6.07, 6.45) is 0.407. The van der Waals surface area contributed by atoms with Gasteiger partial charge in [0, 0.05) is 19.6 Å². The van der Waals surface area contributed by atoms with E-state index in [1.165, 1.54) is 28.6 Å². The molecule has 1 aromatic carbocycles. The van der Waals surface area contributed by atoms with Crippen molar-refractivity contribution in [3.63, 3.8) is 0 Å². The number of carbonyl (C=O) groups excluding carboxylic acids is 2. The minimum absolute atomic E-state index is 0.00892. The van der Waals surface area contributed by atoms with E-state index in [0.717, 1.165) is 6.42 Å². The molecule has 0 spiro atoms. The third-order valence-electron chi connectivity index (χ3n) is 4.47. The van der Waals surface area contributed by atoms with Crippen LogP contribution in [0.1, 0.15) is 44.5 Å². The molecule has 1 aromatic rings. The van der Waals surface area contributed by atoms with Gasteiger partial charge in [-0.3, -0.25) is 4.79 Å². The van der Waals surface area contributed by atoms with Crippen molar-refractivity contribution < 1.29 is 27.5 Å². The Morgan fingerprint density at radius 2 is 1.90 bits per heavy atom. The summed E-state index contributed by atoms with van der Waals surface area (Å²) in [6.45, 7) is 8.33. The topological polar surface area (TPSA) is 102 Å². The number of amides is 1. The zero-order chi connectivity index (χ0) is 21.6. The highest BCUT2D eigenvalue weighted by molar-refractivity contribution is 7.89. The number of morpholine rings is 1. The van der Waals surface area contributed by atoms with Crippen LogP contribution < -0.4 is 5.32 Å². The van der Waals surface area contributed by atoms with Crippen molar-refractivity contribution in [1.82, 2.24) is 9.62 Å². The standard InChI is InChI=1S/C20H30N2O6S/c1-14(2)8-9-21-19(23)13-27-20(24)17-6-5-7-18(10-17)29(25,26)22-11-15(3)28-16(4)12-22/h5-7,10,14-16H,8-9,11-13H2,1-4H3,(H,21,23)/t15-,16-/m0/s1. The van der Waals surface area contributed by atoms with E-state index in [2.05, 4.69) is 5.32 Å². The number of nitrogens with one attached hydrogen (secondary N) is 1. The van der Waals surface area contributed by atoms with Crippen molar-refractivity contribution in [3.8, 4) is 0 Å². The first-order valence-corrected chi connectivity index (χ1v) is 11.2. The van der Waals surface area contributed by atoms with E-state index in [1.54, 1.807) is 0 Å². The van der Waals surface area contributed by atoms with Crippen molar-refractivity contribution in [2.75, 3.05) is 26.2 Å². The molecule has 8 nitrogen and oxygen atoms in total. The molecule has 0 aromatic heterocycles. The fourth-order valence-corrected chi connectivity index (χ4v) is 4.66. The molecule has 1 N–H and O–H groups in total. The summed E-state index contributed by atoms with van der Waals surface area (Å²) < 4.78 is 37.9. The molecule has 1 fully saturated rings. The Morgan fingerprint density at radius 1 is 1.24 bits per heavy atom. The van der Waals surface area contributed by atoms with Gasteiger partial charge in [-0.2, -0.15) is 4.31 Å². The van der Waals surface area contributed by atoms with E-state index < -0.39 is 22.6 Å². The van der Waals surface area contributed by atoms with Gasteiger partial charge in [-0.15, -0.1) is 0 Å². The zero-order valence-corrected chi connectivity index (χ0v) is 18.2. The molecule has 0 bridgehead atoms. The van der Waals surface area contributed by atoms with Crippen LogP contribution >= 0.6 is 0 Å². The summed E-state index contributed by atoms with van der Waals surface area (Å²) in [5.74, 6) is -0.677. The smallest absolute Gasteiger partial charge is 0.338 e. The Bertz CT molecular complexity index is 814. The molecular weight excluding hydrogens is 396 g/mol. The quantitative estimate of drug-likeness (QED) is 0.636. The number of nitrogens with zero attached hydrogens (tertiary/aromatic N) is 1. The third kappa shape index (κ3) is 6.80. The van der Waals surface area contributed by atoms with Crippen molar-refractivity contribution in [2.45, 2.75) is 51.2 Å². The predicted molar refractivity (Wildman–Crippen MR) is 108 cm³/mol. The van der Waals surface area contributed by atoms with Crippen LogP contribution in [-0.4, -0.2) is 63.0 Å². The predicted octanol–water partition coefficient (Wildman–Crippen LogP) is 1.80. The van der Waals surface area contributed by atoms with Gasteiger partial charge in [-0.1, -0.05) is 19.9 Å². The molecule has 162 valence electrons. The molecule has 1 saturated heterocycles. The van der Waals surface area contributed by atoms with Crippen LogP contribution in [0, 0.1) is 5.92 Å². The highest BCUT2D eigenvalue weighted by Crippen LogP contribution is 2.22. The van der Waals surface area contributed by atoms with Gasteiger partial charge in [-0.05, 0) is 44.4 Å². The SMILES string of the molecule is CC(C)CCNC(=O)COC(=O)c1cccc(S(=O)(=O)N2C[C@H](C)O[C@@H](C)C2)c1. The maximum absolute atomic E-state index is 12.9. The molecule has 1 aliphatic rings. The van der Waals surface area contributed by atoms with Crippen molar-refractivity contribution in [2.24, 2.45) is 5.92 Å². The Labute approximate surface area is 172 Å². The molecule has 9 heteroatoms. The van der Waals surface area contributed by atoms with E-state index in [9.17, 15) is 18.0 Å². The lowest BCUT2D eigenvalue weighted by molar-refractivity contribution is -0.124. The first-order chi connectivity index (χ1) is 13.6. The van der Waals surface area contributed by atoms with Gasteiger partial charge in [0.25, 0.3) is 5.91 Å². The molecule has 2 atom stereocenters. The number of carbonyl (C=O) groups is 2. The van der Waals surface area contributed by atoms with E-state index in [4.69, 9.17) is 9.47 Å². The molecular formula is C20H30N2O6S. The second-order valence-electron chi connectivity index (χ2n) is 7.72. The van der Waals surface area contributed by atoms with Crippen LogP contribution in [0.5, 0.6) is 0 Å². The molecule has 0 aliphatic carbocycles. The van der Waals surface area contributed by atoms with Crippen molar-refractivity contribution >= 4 is 21.9 Å².